The Labute approximate surface area is 192 Å². The number of hydrogen-bond donors (Lipinski definition) is 0. The summed E-state index contributed by atoms with van der Waals surface area (Å²) >= 11 is 6.01. The van der Waals surface area contributed by atoms with Crippen LogP contribution in [-0.2, 0) is 0 Å². The van der Waals surface area contributed by atoms with E-state index in [1.807, 2.05) is 47.4 Å². The predicted molar refractivity (Wildman–Crippen MR) is 128 cm³/mol. The third-order valence-corrected chi connectivity index (χ3v) is 6.33. The topological polar surface area (TPSA) is 49.6 Å². The quantitative estimate of drug-likeness (QED) is 0.399. The Kier molecular flexibility index (Phi) is 5.35. The Bertz CT molecular complexity index is 1280. The number of halogens is 1. The van der Waals surface area contributed by atoms with E-state index in [0.29, 0.717) is 29.4 Å². The molecule has 0 spiro atoms. The van der Waals surface area contributed by atoms with Crippen LogP contribution < -0.4 is 4.90 Å². The average Bonchev–Trinajstić information content (AvgIpc) is 3.22. The van der Waals surface area contributed by atoms with Gasteiger partial charge in [0.05, 0.1) is 5.39 Å². The molecule has 5 rings (SSSR count). The highest BCUT2D eigenvalue weighted by Gasteiger charge is 2.28. The number of nitrogens with zero attached hydrogens (tertiary/aromatic N) is 3. The second kappa shape index (κ2) is 8.32. The lowest BCUT2D eigenvalue weighted by atomic mass is 10.0. The summed E-state index contributed by atoms with van der Waals surface area (Å²) in [6, 6.07) is 21.7. The molecule has 3 aromatic carbocycles. The number of amides is 1. The minimum absolute atomic E-state index is 0.0332. The Balaban J connectivity index is 1.38. The van der Waals surface area contributed by atoms with Crippen LogP contribution in [0, 0.1) is 6.92 Å². The molecule has 1 aromatic heterocycles. The first-order valence-corrected chi connectivity index (χ1v) is 11.2. The largest absolute Gasteiger partial charge is 0.365 e. The summed E-state index contributed by atoms with van der Waals surface area (Å²) in [4.78, 5) is 17.7. The van der Waals surface area contributed by atoms with E-state index < -0.39 is 0 Å². The van der Waals surface area contributed by atoms with Gasteiger partial charge >= 0.3 is 0 Å². The normalized spacial score (nSPS) is 16.5. The zero-order chi connectivity index (χ0) is 22.2. The molecule has 1 amide bonds. The maximum Gasteiger partial charge on any atom is 0.254 e. The first-order valence-electron chi connectivity index (χ1n) is 10.8. The number of rotatable bonds is 3. The lowest BCUT2D eigenvalue weighted by Gasteiger charge is -2.41. The first-order chi connectivity index (χ1) is 15.5. The van der Waals surface area contributed by atoms with Gasteiger partial charge in [0.25, 0.3) is 5.91 Å². The van der Waals surface area contributed by atoms with Crippen LogP contribution in [0.15, 0.2) is 71.3 Å². The first kappa shape index (κ1) is 20.6. The number of benzene rings is 3. The van der Waals surface area contributed by atoms with Crippen LogP contribution in [0.25, 0.3) is 22.2 Å². The van der Waals surface area contributed by atoms with Gasteiger partial charge in [-0.3, -0.25) is 4.79 Å². The average molecular weight is 446 g/mol. The number of anilines is 1. The summed E-state index contributed by atoms with van der Waals surface area (Å²) in [5.74, 6) is 0.676. The molecular weight excluding hydrogens is 422 g/mol. The Morgan fingerprint density at radius 1 is 1.06 bits per heavy atom. The molecule has 1 fully saturated rings. The van der Waals surface area contributed by atoms with Crippen LogP contribution in [0.1, 0.15) is 22.8 Å². The van der Waals surface area contributed by atoms with Gasteiger partial charge in [-0.25, -0.2) is 0 Å². The van der Waals surface area contributed by atoms with Gasteiger partial charge in [0, 0.05) is 47.5 Å². The molecule has 162 valence electrons. The summed E-state index contributed by atoms with van der Waals surface area (Å²) in [5, 5.41) is 5.64. The molecule has 0 bridgehead atoms. The highest BCUT2D eigenvalue weighted by Crippen LogP contribution is 2.31. The van der Waals surface area contributed by atoms with Gasteiger partial charge in [-0.05, 0) is 74.0 Å². The molecule has 6 heteroatoms. The van der Waals surface area contributed by atoms with Crippen LogP contribution in [0.3, 0.4) is 0 Å². The van der Waals surface area contributed by atoms with E-state index in [2.05, 4.69) is 48.2 Å². The molecule has 1 saturated heterocycles. The van der Waals surface area contributed by atoms with Gasteiger partial charge < -0.3 is 14.3 Å². The number of aryl methyl sites for hydroxylation is 1. The van der Waals surface area contributed by atoms with E-state index in [1.165, 1.54) is 11.3 Å². The van der Waals surface area contributed by atoms with Gasteiger partial charge in [-0.2, -0.15) is 0 Å². The van der Waals surface area contributed by atoms with Crippen molar-refractivity contribution in [3.8, 4) is 11.3 Å². The second-order valence-electron chi connectivity index (χ2n) is 8.38. The van der Waals surface area contributed by atoms with Crippen molar-refractivity contribution >= 4 is 34.1 Å². The van der Waals surface area contributed by atoms with Gasteiger partial charge in [0.2, 0.25) is 0 Å². The molecule has 0 N–H and O–H groups in total. The molecule has 5 nitrogen and oxygen atoms in total. The standard InChI is InChI=1S/C26H24ClN3O2/c1-17-4-3-5-22(14-17)30-13-12-29(16-18(30)2)26(31)20-8-11-24-23(15-20)25(32-28-24)19-6-9-21(27)10-7-19/h3-11,14-15,18H,12-13,16H2,1-2H3/t18-/m1/s1. The van der Waals surface area contributed by atoms with Crippen molar-refractivity contribution in [1.29, 1.82) is 0 Å². The van der Waals surface area contributed by atoms with Gasteiger partial charge in [-0.1, -0.05) is 28.9 Å². The maximum absolute atomic E-state index is 13.3. The van der Waals surface area contributed by atoms with Crippen molar-refractivity contribution in [1.82, 2.24) is 10.1 Å². The number of aromatic nitrogens is 1. The zero-order valence-electron chi connectivity index (χ0n) is 18.1. The molecule has 1 atom stereocenters. The number of fused-ring (bicyclic) bond motifs is 1. The predicted octanol–water partition coefficient (Wildman–Crippen LogP) is 5.81. The van der Waals surface area contributed by atoms with E-state index in [4.69, 9.17) is 16.1 Å². The minimum atomic E-state index is 0.0332. The van der Waals surface area contributed by atoms with E-state index in [9.17, 15) is 4.79 Å². The lowest BCUT2D eigenvalue weighted by Crippen LogP contribution is -2.53. The van der Waals surface area contributed by atoms with Gasteiger partial charge in [0.15, 0.2) is 5.76 Å². The Morgan fingerprint density at radius 2 is 1.88 bits per heavy atom. The monoisotopic (exact) mass is 445 g/mol. The number of hydrogen-bond acceptors (Lipinski definition) is 4. The maximum atomic E-state index is 13.3. The van der Waals surface area contributed by atoms with E-state index in [1.54, 1.807) is 0 Å². The van der Waals surface area contributed by atoms with Crippen LogP contribution in [0.4, 0.5) is 5.69 Å². The van der Waals surface area contributed by atoms with Crippen molar-refractivity contribution in [2.24, 2.45) is 0 Å². The van der Waals surface area contributed by atoms with E-state index >= 15 is 0 Å². The zero-order valence-corrected chi connectivity index (χ0v) is 18.8. The van der Waals surface area contributed by atoms with Crippen molar-refractivity contribution in [2.45, 2.75) is 19.9 Å². The summed E-state index contributed by atoms with van der Waals surface area (Å²) in [6.45, 7) is 6.44. The number of carbonyl (C=O) groups excluding carboxylic acids is 1. The molecule has 1 aliphatic rings. The van der Waals surface area contributed by atoms with Crippen LogP contribution in [0.5, 0.6) is 0 Å². The van der Waals surface area contributed by atoms with Gasteiger partial charge in [-0.15, -0.1) is 0 Å². The minimum Gasteiger partial charge on any atom is -0.365 e. The second-order valence-corrected chi connectivity index (χ2v) is 8.82. The molecule has 0 saturated carbocycles. The smallest absolute Gasteiger partial charge is 0.254 e. The van der Waals surface area contributed by atoms with Crippen molar-refractivity contribution in [3.63, 3.8) is 0 Å². The fourth-order valence-electron chi connectivity index (χ4n) is 4.40. The molecule has 0 unspecified atom stereocenters. The summed E-state index contributed by atoms with van der Waals surface area (Å²) in [5.41, 5.74) is 4.70. The molecule has 1 aliphatic heterocycles. The summed E-state index contributed by atoms with van der Waals surface area (Å²) < 4.78 is 5.59. The van der Waals surface area contributed by atoms with Crippen LogP contribution in [0.2, 0.25) is 5.02 Å². The van der Waals surface area contributed by atoms with Crippen molar-refractivity contribution in [2.75, 3.05) is 24.5 Å². The molecule has 2 heterocycles. The third-order valence-electron chi connectivity index (χ3n) is 6.08. The van der Waals surface area contributed by atoms with E-state index in [0.717, 1.165) is 23.0 Å². The molecule has 32 heavy (non-hydrogen) atoms. The molecular formula is C26H24ClN3O2. The molecule has 0 aliphatic carbocycles. The van der Waals surface area contributed by atoms with Gasteiger partial charge in [0.1, 0.15) is 5.52 Å². The van der Waals surface area contributed by atoms with E-state index in [-0.39, 0.29) is 11.9 Å². The lowest BCUT2D eigenvalue weighted by molar-refractivity contribution is 0.0726. The SMILES string of the molecule is Cc1cccc(N2CCN(C(=O)c3ccc4noc(-c5ccc(Cl)cc5)c4c3)C[C@H]2C)c1. The molecule has 0 radical (unpaired) electrons. The fraction of sp³-hybridized carbons (Fsp3) is 0.231. The Hall–Kier alpha value is -3.31. The Morgan fingerprint density at radius 3 is 2.62 bits per heavy atom. The number of piperazine rings is 1. The van der Waals surface area contributed by atoms with Crippen LogP contribution in [-0.4, -0.2) is 41.6 Å². The van der Waals surface area contributed by atoms with Crippen molar-refractivity contribution < 1.29 is 9.32 Å². The highest BCUT2D eigenvalue weighted by atomic mass is 35.5. The fourth-order valence-corrected chi connectivity index (χ4v) is 4.52. The third kappa shape index (κ3) is 3.84. The summed E-state index contributed by atoms with van der Waals surface area (Å²) in [6.07, 6.45) is 0. The van der Waals surface area contributed by atoms with Crippen molar-refractivity contribution in [3.05, 3.63) is 82.9 Å². The van der Waals surface area contributed by atoms with Crippen LogP contribution >= 0.6 is 11.6 Å². The summed E-state index contributed by atoms with van der Waals surface area (Å²) in [7, 11) is 0. The molecule has 4 aromatic rings. The highest BCUT2D eigenvalue weighted by molar-refractivity contribution is 6.30. The number of carbonyl (C=O) groups is 1.